The molecule has 1 amide bonds. The van der Waals surface area contributed by atoms with Crippen LogP contribution in [0.25, 0.3) is 21.9 Å². The Balaban J connectivity index is 1.63. The van der Waals surface area contributed by atoms with Crippen LogP contribution in [-0.4, -0.2) is 35.0 Å². The van der Waals surface area contributed by atoms with Crippen LogP contribution in [0.4, 0.5) is 0 Å². The summed E-state index contributed by atoms with van der Waals surface area (Å²) >= 11 is 0. The van der Waals surface area contributed by atoms with E-state index in [1.54, 1.807) is 18.5 Å². The van der Waals surface area contributed by atoms with E-state index >= 15 is 0 Å². The van der Waals surface area contributed by atoms with E-state index in [2.05, 4.69) is 17.1 Å². The topological polar surface area (TPSA) is 66.2 Å². The molecule has 0 spiro atoms. The van der Waals surface area contributed by atoms with Crippen molar-refractivity contribution in [3.05, 3.63) is 60.4 Å². The Morgan fingerprint density at radius 1 is 1.25 bits per heavy atom. The standard InChI is InChI=1S/C23H21N3O2/c1-2-4-23(27)26-14-20(15-26)28-22-11-19(10-18-7-8-25-13-21(18)22)17-6-3-5-16(9-17)12-24/h3,5-11,13,20H,2,4,14-15H2,1H3. The lowest BCUT2D eigenvalue weighted by Gasteiger charge is -2.39. The third-order valence-corrected chi connectivity index (χ3v) is 5.00. The fraction of sp³-hybridized carbons (Fsp3) is 0.261. The molecule has 1 saturated heterocycles. The summed E-state index contributed by atoms with van der Waals surface area (Å²) in [4.78, 5) is 18.0. The highest BCUT2D eigenvalue weighted by atomic mass is 16.5. The van der Waals surface area contributed by atoms with Crippen molar-refractivity contribution in [2.45, 2.75) is 25.9 Å². The normalized spacial score (nSPS) is 13.8. The molecule has 0 aliphatic carbocycles. The second-order valence-corrected chi connectivity index (χ2v) is 7.05. The van der Waals surface area contributed by atoms with E-state index in [-0.39, 0.29) is 12.0 Å². The predicted molar refractivity (Wildman–Crippen MR) is 108 cm³/mol. The van der Waals surface area contributed by atoms with Crippen molar-refractivity contribution in [3.8, 4) is 22.9 Å². The Morgan fingerprint density at radius 2 is 2.11 bits per heavy atom. The number of carbonyl (C=O) groups is 1. The van der Waals surface area contributed by atoms with Crippen LogP contribution in [0.2, 0.25) is 0 Å². The van der Waals surface area contributed by atoms with Crippen molar-refractivity contribution < 1.29 is 9.53 Å². The average Bonchev–Trinajstić information content (AvgIpc) is 2.70. The van der Waals surface area contributed by atoms with Crippen LogP contribution in [-0.2, 0) is 4.79 Å². The first-order valence-electron chi connectivity index (χ1n) is 9.50. The fourth-order valence-electron chi connectivity index (χ4n) is 3.47. The summed E-state index contributed by atoms with van der Waals surface area (Å²) in [6, 6.07) is 15.8. The van der Waals surface area contributed by atoms with Crippen LogP contribution in [0.5, 0.6) is 5.75 Å². The number of likely N-dealkylation sites (tertiary alicyclic amines) is 1. The zero-order valence-electron chi connectivity index (χ0n) is 15.8. The fourth-order valence-corrected chi connectivity index (χ4v) is 3.47. The molecular weight excluding hydrogens is 350 g/mol. The second kappa shape index (κ2) is 7.69. The molecule has 0 N–H and O–H groups in total. The van der Waals surface area contributed by atoms with Gasteiger partial charge in [0.1, 0.15) is 11.9 Å². The number of hydrogen-bond donors (Lipinski definition) is 0. The van der Waals surface area contributed by atoms with Gasteiger partial charge in [0.05, 0.1) is 24.7 Å². The maximum absolute atomic E-state index is 12.0. The van der Waals surface area contributed by atoms with Crippen LogP contribution < -0.4 is 4.74 Å². The van der Waals surface area contributed by atoms with Gasteiger partial charge in [0.15, 0.2) is 0 Å². The van der Waals surface area contributed by atoms with Gasteiger partial charge in [-0.05, 0) is 53.3 Å². The first-order valence-corrected chi connectivity index (χ1v) is 9.50. The molecule has 1 aromatic heterocycles. The number of benzene rings is 2. The number of hydrogen-bond acceptors (Lipinski definition) is 4. The smallest absolute Gasteiger partial charge is 0.222 e. The lowest BCUT2D eigenvalue weighted by Crippen LogP contribution is -2.56. The van der Waals surface area contributed by atoms with Crippen molar-refractivity contribution in [1.82, 2.24) is 9.88 Å². The Morgan fingerprint density at radius 3 is 2.89 bits per heavy atom. The monoisotopic (exact) mass is 371 g/mol. The van der Waals surface area contributed by atoms with Gasteiger partial charge in [0.25, 0.3) is 0 Å². The number of ether oxygens (including phenoxy) is 1. The molecule has 2 heterocycles. The van der Waals surface area contributed by atoms with Gasteiger partial charge in [-0.15, -0.1) is 0 Å². The highest BCUT2D eigenvalue weighted by molar-refractivity contribution is 5.92. The zero-order valence-corrected chi connectivity index (χ0v) is 15.8. The van der Waals surface area contributed by atoms with Gasteiger partial charge in [0, 0.05) is 24.2 Å². The molecule has 1 aliphatic heterocycles. The molecule has 0 unspecified atom stereocenters. The van der Waals surface area contributed by atoms with E-state index in [0.717, 1.165) is 34.1 Å². The lowest BCUT2D eigenvalue weighted by molar-refractivity contribution is -0.139. The van der Waals surface area contributed by atoms with Gasteiger partial charge >= 0.3 is 0 Å². The van der Waals surface area contributed by atoms with Crippen LogP contribution in [0.15, 0.2) is 54.9 Å². The maximum Gasteiger partial charge on any atom is 0.222 e. The lowest BCUT2D eigenvalue weighted by atomic mass is 10.00. The van der Waals surface area contributed by atoms with Gasteiger partial charge < -0.3 is 9.64 Å². The first kappa shape index (κ1) is 18.0. The zero-order chi connectivity index (χ0) is 19.5. The van der Waals surface area contributed by atoms with E-state index < -0.39 is 0 Å². The quantitative estimate of drug-likeness (QED) is 0.675. The van der Waals surface area contributed by atoms with Crippen LogP contribution >= 0.6 is 0 Å². The molecule has 1 aliphatic rings. The summed E-state index contributed by atoms with van der Waals surface area (Å²) in [5.41, 5.74) is 2.58. The molecule has 0 saturated carbocycles. The second-order valence-electron chi connectivity index (χ2n) is 7.05. The van der Waals surface area contributed by atoms with Crippen molar-refractivity contribution in [1.29, 1.82) is 5.26 Å². The molecule has 3 aromatic rings. The number of amides is 1. The van der Waals surface area contributed by atoms with Crippen LogP contribution in [0.1, 0.15) is 25.3 Å². The van der Waals surface area contributed by atoms with Crippen molar-refractivity contribution in [3.63, 3.8) is 0 Å². The maximum atomic E-state index is 12.0. The third kappa shape index (κ3) is 3.54. The van der Waals surface area contributed by atoms with E-state index in [1.807, 2.05) is 42.2 Å². The van der Waals surface area contributed by atoms with Crippen molar-refractivity contribution >= 4 is 16.7 Å². The SMILES string of the molecule is CCCC(=O)N1CC(Oc2cc(-c3cccc(C#N)c3)cc3ccncc23)C1. The summed E-state index contributed by atoms with van der Waals surface area (Å²) in [5, 5.41) is 11.2. The Bertz CT molecular complexity index is 1060. The predicted octanol–water partition coefficient (Wildman–Crippen LogP) is 4.16. The molecule has 2 aromatic carbocycles. The number of pyridine rings is 1. The van der Waals surface area contributed by atoms with E-state index in [0.29, 0.717) is 25.1 Å². The Kier molecular flexibility index (Phi) is 4.94. The Labute approximate surface area is 164 Å². The molecule has 140 valence electrons. The van der Waals surface area contributed by atoms with Gasteiger partial charge in [-0.3, -0.25) is 9.78 Å². The van der Waals surface area contributed by atoms with Crippen LogP contribution in [0.3, 0.4) is 0 Å². The molecule has 5 nitrogen and oxygen atoms in total. The molecule has 1 fully saturated rings. The van der Waals surface area contributed by atoms with Gasteiger partial charge in [-0.25, -0.2) is 0 Å². The summed E-state index contributed by atoms with van der Waals surface area (Å²) in [5.74, 6) is 0.950. The summed E-state index contributed by atoms with van der Waals surface area (Å²) in [6.07, 6.45) is 5.00. The highest BCUT2D eigenvalue weighted by Gasteiger charge is 2.32. The minimum atomic E-state index is -0.00935. The first-order chi connectivity index (χ1) is 13.7. The summed E-state index contributed by atoms with van der Waals surface area (Å²) in [7, 11) is 0. The molecule has 0 atom stereocenters. The van der Waals surface area contributed by atoms with E-state index in [4.69, 9.17) is 4.74 Å². The van der Waals surface area contributed by atoms with Gasteiger partial charge in [0.2, 0.25) is 5.91 Å². The molecule has 28 heavy (non-hydrogen) atoms. The number of rotatable bonds is 5. The third-order valence-electron chi connectivity index (χ3n) is 5.00. The highest BCUT2D eigenvalue weighted by Crippen LogP contribution is 2.34. The average molecular weight is 371 g/mol. The molecule has 0 radical (unpaired) electrons. The van der Waals surface area contributed by atoms with E-state index in [1.165, 1.54) is 0 Å². The van der Waals surface area contributed by atoms with Crippen molar-refractivity contribution in [2.24, 2.45) is 0 Å². The molecular formula is C23H21N3O2. The number of nitrogens with zero attached hydrogens (tertiary/aromatic N) is 3. The van der Waals surface area contributed by atoms with Crippen molar-refractivity contribution in [2.75, 3.05) is 13.1 Å². The number of fused-ring (bicyclic) bond motifs is 1. The number of nitriles is 1. The van der Waals surface area contributed by atoms with Gasteiger partial charge in [-0.2, -0.15) is 5.26 Å². The molecule has 4 rings (SSSR count). The number of aromatic nitrogens is 1. The molecule has 5 heteroatoms. The van der Waals surface area contributed by atoms with E-state index in [9.17, 15) is 10.1 Å². The van der Waals surface area contributed by atoms with Gasteiger partial charge in [-0.1, -0.05) is 19.1 Å². The minimum absolute atomic E-state index is 0.00935. The largest absolute Gasteiger partial charge is 0.486 e. The Hall–Kier alpha value is -3.39. The molecule has 0 bridgehead atoms. The summed E-state index contributed by atoms with van der Waals surface area (Å²) < 4.78 is 6.24. The summed E-state index contributed by atoms with van der Waals surface area (Å²) in [6.45, 7) is 3.25. The minimum Gasteiger partial charge on any atom is -0.486 e. The van der Waals surface area contributed by atoms with Crippen LogP contribution in [0, 0.1) is 11.3 Å². The number of carbonyl (C=O) groups excluding carboxylic acids is 1.